The molecule has 0 spiro atoms. The zero-order chi connectivity index (χ0) is 20.1. The molecule has 8 heteroatoms. The minimum atomic E-state index is -0.178. The van der Waals surface area contributed by atoms with Gasteiger partial charge in [0.05, 0.1) is 32.1 Å². The second kappa shape index (κ2) is 6.28. The summed E-state index contributed by atoms with van der Waals surface area (Å²) in [6, 6.07) is 4.19. The van der Waals surface area contributed by atoms with Gasteiger partial charge in [0, 0.05) is 28.6 Å². The molecule has 3 aromatic rings. The maximum atomic E-state index is 9.40. The van der Waals surface area contributed by atoms with E-state index in [4.69, 9.17) is 4.74 Å². The van der Waals surface area contributed by atoms with Gasteiger partial charge in [-0.05, 0) is 33.3 Å². The second-order valence-corrected chi connectivity index (χ2v) is 7.73. The number of methoxy groups -OCH3 is 1. The number of hydrogen-bond donors (Lipinski definition) is 0. The molecule has 1 saturated heterocycles. The van der Waals surface area contributed by atoms with E-state index in [-0.39, 0.29) is 11.6 Å². The number of aromatic nitrogens is 4. The minimum Gasteiger partial charge on any atom is -0.494 e. The van der Waals surface area contributed by atoms with Crippen LogP contribution in [0.3, 0.4) is 0 Å². The predicted molar refractivity (Wildman–Crippen MR) is 102 cm³/mol. The molecule has 1 atom stereocenters. The highest BCUT2D eigenvalue weighted by atomic mass is 16.5. The van der Waals surface area contributed by atoms with Gasteiger partial charge in [-0.2, -0.15) is 20.7 Å². The molecular formula is C20H21N7O. The molecule has 0 N–H and O–H groups in total. The van der Waals surface area contributed by atoms with Crippen molar-refractivity contribution in [2.24, 2.45) is 0 Å². The van der Waals surface area contributed by atoms with E-state index in [9.17, 15) is 10.5 Å². The Morgan fingerprint density at radius 3 is 2.68 bits per heavy atom. The fourth-order valence-electron chi connectivity index (χ4n) is 4.09. The van der Waals surface area contributed by atoms with E-state index in [1.54, 1.807) is 11.6 Å². The fraction of sp³-hybridized carbons (Fsp3) is 0.400. The van der Waals surface area contributed by atoms with E-state index in [1.807, 2.05) is 35.0 Å². The minimum absolute atomic E-state index is 0.143. The fourth-order valence-corrected chi connectivity index (χ4v) is 4.09. The number of likely N-dealkylation sites (tertiary alicyclic amines) is 1. The summed E-state index contributed by atoms with van der Waals surface area (Å²) >= 11 is 0. The van der Waals surface area contributed by atoms with Crippen LogP contribution in [0, 0.1) is 29.7 Å². The van der Waals surface area contributed by atoms with Crippen molar-refractivity contribution in [2.75, 3.05) is 13.7 Å². The van der Waals surface area contributed by atoms with E-state index in [1.165, 1.54) is 6.20 Å². The second-order valence-electron chi connectivity index (χ2n) is 7.73. The molecule has 0 bridgehead atoms. The first-order chi connectivity index (χ1) is 13.4. The maximum Gasteiger partial charge on any atom is 0.179 e. The summed E-state index contributed by atoms with van der Waals surface area (Å²) < 4.78 is 9.19. The van der Waals surface area contributed by atoms with Crippen LogP contribution in [0.25, 0.3) is 16.6 Å². The summed E-state index contributed by atoms with van der Waals surface area (Å²) in [5.41, 5.74) is 3.86. The van der Waals surface area contributed by atoms with Gasteiger partial charge in [-0.3, -0.25) is 4.68 Å². The van der Waals surface area contributed by atoms with Crippen LogP contribution in [0.2, 0.25) is 0 Å². The summed E-state index contributed by atoms with van der Waals surface area (Å²) in [6.45, 7) is 6.85. The molecule has 4 rings (SSSR count). The van der Waals surface area contributed by atoms with Crippen molar-refractivity contribution in [2.45, 2.75) is 38.8 Å². The summed E-state index contributed by atoms with van der Waals surface area (Å²) in [7, 11) is 1.58. The zero-order valence-corrected chi connectivity index (χ0v) is 16.3. The first kappa shape index (κ1) is 17.9. The zero-order valence-electron chi connectivity index (χ0n) is 16.3. The van der Waals surface area contributed by atoms with E-state index in [0.29, 0.717) is 23.4 Å². The predicted octanol–water partition coefficient (Wildman–Crippen LogP) is 2.89. The van der Waals surface area contributed by atoms with Crippen LogP contribution in [-0.4, -0.2) is 43.5 Å². The molecular weight excluding hydrogens is 354 g/mol. The van der Waals surface area contributed by atoms with Gasteiger partial charge in [-0.25, -0.2) is 4.52 Å². The number of hydrogen-bond acceptors (Lipinski definition) is 6. The number of nitrogens with zero attached hydrogens (tertiary/aromatic N) is 7. The normalized spacial score (nSPS) is 18.2. The lowest BCUT2D eigenvalue weighted by Gasteiger charge is -2.25. The Kier molecular flexibility index (Phi) is 4.01. The average Bonchev–Trinajstić information content (AvgIpc) is 3.34. The molecule has 3 aromatic heterocycles. The monoisotopic (exact) mass is 375 g/mol. The smallest absolute Gasteiger partial charge is 0.179 e. The molecule has 1 aliphatic rings. The summed E-state index contributed by atoms with van der Waals surface area (Å²) in [6.07, 6.45) is 8.41. The third kappa shape index (κ3) is 2.57. The highest BCUT2D eigenvalue weighted by Crippen LogP contribution is 2.37. The van der Waals surface area contributed by atoms with Crippen LogP contribution in [-0.2, 0) is 0 Å². The number of ether oxygens (including phenoxy) is 1. The Balaban J connectivity index is 1.76. The van der Waals surface area contributed by atoms with E-state index in [2.05, 4.69) is 36.3 Å². The molecule has 0 saturated carbocycles. The van der Waals surface area contributed by atoms with Crippen LogP contribution >= 0.6 is 0 Å². The maximum absolute atomic E-state index is 9.40. The van der Waals surface area contributed by atoms with Gasteiger partial charge in [-0.1, -0.05) is 0 Å². The molecule has 8 nitrogen and oxygen atoms in total. The summed E-state index contributed by atoms with van der Waals surface area (Å²) in [4.78, 5) is 1.82. The molecule has 1 unspecified atom stereocenters. The van der Waals surface area contributed by atoms with Gasteiger partial charge < -0.3 is 9.64 Å². The van der Waals surface area contributed by atoms with Gasteiger partial charge in [0.2, 0.25) is 0 Å². The van der Waals surface area contributed by atoms with E-state index < -0.39 is 0 Å². The van der Waals surface area contributed by atoms with Gasteiger partial charge >= 0.3 is 0 Å². The van der Waals surface area contributed by atoms with Crippen molar-refractivity contribution in [1.29, 1.82) is 10.5 Å². The Bertz CT molecular complexity index is 1140. The van der Waals surface area contributed by atoms with Crippen molar-refractivity contribution in [3.05, 3.63) is 35.9 Å². The largest absolute Gasteiger partial charge is 0.494 e. The molecule has 4 heterocycles. The Hall–Kier alpha value is -3.52. The van der Waals surface area contributed by atoms with E-state index >= 15 is 0 Å². The van der Waals surface area contributed by atoms with E-state index in [0.717, 1.165) is 23.2 Å². The van der Waals surface area contributed by atoms with Crippen LogP contribution < -0.4 is 4.74 Å². The van der Waals surface area contributed by atoms with Crippen molar-refractivity contribution in [3.8, 4) is 29.1 Å². The first-order valence-electron chi connectivity index (χ1n) is 9.07. The van der Waals surface area contributed by atoms with Gasteiger partial charge in [0.15, 0.2) is 6.19 Å². The highest BCUT2D eigenvalue weighted by molar-refractivity contribution is 5.75. The molecule has 1 aliphatic heterocycles. The third-order valence-electron chi connectivity index (χ3n) is 5.60. The van der Waals surface area contributed by atoms with Gasteiger partial charge in [0.25, 0.3) is 0 Å². The quantitative estimate of drug-likeness (QED) is 0.653. The van der Waals surface area contributed by atoms with Crippen molar-refractivity contribution >= 4 is 5.52 Å². The number of fused-ring (bicyclic) bond motifs is 1. The number of nitriles is 2. The first-order valence-corrected chi connectivity index (χ1v) is 9.07. The van der Waals surface area contributed by atoms with Crippen LogP contribution in [0.15, 0.2) is 24.7 Å². The standard InChI is InChI=1S/C20H21N7O/c1-13-17(9-24-27(13)16-6-20(2,3)25(11-16)12-22)14-5-18(28-4)19-15(7-21)8-23-26(19)10-14/h5,8-10,16H,6,11H2,1-4H3. The summed E-state index contributed by atoms with van der Waals surface area (Å²) in [5, 5.41) is 27.6. The molecule has 142 valence electrons. The third-order valence-corrected chi connectivity index (χ3v) is 5.60. The lowest BCUT2D eigenvalue weighted by atomic mass is 10.0. The molecule has 0 aliphatic carbocycles. The molecule has 28 heavy (non-hydrogen) atoms. The lowest BCUT2D eigenvalue weighted by molar-refractivity contribution is 0.262. The summed E-state index contributed by atoms with van der Waals surface area (Å²) in [5.74, 6) is 0.594. The van der Waals surface area contributed by atoms with Crippen molar-refractivity contribution in [3.63, 3.8) is 0 Å². The lowest BCUT2D eigenvalue weighted by Crippen LogP contribution is -2.33. The number of pyridine rings is 1. The Morgan fingerprint density at radius 2 is 2.04 bits per heavy atom. The van der Waals surface area contributed by atoms with Crippen LogP contribution in [0.4, 0.5) is 0 Å². The molecule has 1 fully saturated rings. The molecule has 0 aromatic carbocycles. The number of rotatable bonds is 3. The van der Waals surface area contributed by atoms with Crippen LogP contribution in [0.1, 0.15) is 37.6 Å². The SMILES string of the molecule is COc1cc(-c2cnn(C3CN(C#N)C(C)(C)C3)c2C)cn2ncc(C#N)c12. The Labute approximate surface area is 163 Å². The van der Waals surface area contributed by atoms with Gasteiger partial charge in [-0.15, -0.1) is 0 Å². The van der Waals surface area contributed by atoms with Crippen LogP contribution in [0.5, 0.6) is 5.75 Å². The van der Waals surface area contributed by atoms with Crippen molar-refractivity contribution in [1.82, 2.24) is 24.3 Å². The van der Waals surface area contributed by atoms with Crippen molar-refractivity contribution < 1.29 is 4.74 Å². The van der Waals surface area contributed by atoms with Gasteiger partial charge in [0.1, 0.15) is 22.9 Å². The average molecular weight is 375 g/mol. The Morgan fingerprint density at radius 1 is 1.25 bits per heavy atom. The molecule has 0 radical (unpaired) electrons. The highest BCUT2D eigenvalue weighted by Gasteiger charge is 2.39. The molecule has 0 amide bonds. The topological polar surface area (TPSA) is 95.2 Å².